The van der Waals surface area contributed by atoms with Crippen molar-refractivity contribution < 1.29 is 9.15 Å². The van der Waals surface area contributed by atoms with Crippen LogP contribution >= 0.6 is 0 Å². The summed E-state index contributed by atoms with van der Waals surface area (Å²) in [7, 11) is 0. The predicted octanol–water partition coefficient (Wildman–Crippen LogP) is 5.72. The number of nitrogens with one attached hydrogen (secondary N) is 2. The number of furan rings is 1. The van der Waals surface area contributed by atoms with Crippen LogP contribution in [0.4, 0.5) is 11.8 Å². The zero-order chi connectivity index (χ0) is 22.2. The summed E-state index contributed by atoms with van der Waals surface area (Å²) < 4.78 is 12.1. The first-order valence-corrected chi connectivity index (χ1v) is 11.9. The molecule has 2 aliphatic rings. The Morgan fingerprint density at radius 2 is 1.94 bits per heavy atom. The third kappa shape index (κ3) is 4.38. The van der Waals surface area contributed by atoms with Gasteiger partial charge in [-0.3, -0.25) is 0 Å². The number of aryl methyl sites for hydroxylation is 2. The molecule has 2 N–H and O–H groups in total. The van der Waals surface area contributed by atoms with Crippen molar-refractivity contribution in [2.24, 2.45) is 11.8 Å². The van der Waals surface area contributed by atoms with Crippen LogP contribution in [0.25, 0.3) is 22.3 Å². The first kappa shape index (κ1) is 21.0. The third-order valence-electron chi connectivity index (χ3n) is 6.50. The third-order valence-corrected chi connectivity index (χ3v) is 6.50. The second-order valence-electron chi connectivity index (χ2n) is 9.47. The lowest BCUT2D eigenvalue weighted by atomic mass is 10.1. The monoisotopic (exact) mass is 435 g/mol. The lowest BCUT2D eigenvalue weighted by Gasteiger charge is -2.18. The summed E-state index contributed by atoms with van der Waals surface area (Å²) in [4.78, 5) is 14.2. The number of nitrogens with zero attached hydrogens (tertiary/aromatic N) is 3. The van der Waals surface area contributed by atoms with E-state index in [2.05, 4.69) is 28.6 Å². The first-order valence-electron chi connectivity index (χ1n) is 11.9. The van der Waals surface area contributed by atoms with E-state index in [1.807, 2.05) is 26.8 Å². The molecule has 0 bridgehead atoms. The van der Waals surface area contributed by atoms with Gasteiger partial charge in [0.15, 0.2) is 5.58 Å². The molecule has 5 rings (SSSR count). The highest BCUT2D eigenvalue weighted by molar-refractivity contribution is 5.89. The van der Waals surface area contributed by atoms with Crippen molar-refractivity contribution in [2.75, 3.05) is 23.8 Å². The van der Waals surface area contributed by atoms with Crippen LogP contribution in [0.15, 0.2) is 16.5 Å². The number of fused-ring (bicyclic) bond motifs is 1. The molecule has 3 aromatic rings. The van der Waals surface area contributed by atoms with Crippen LogP contribution in [-0.4, -0.2) is 34.1 Å². The Balaban J connectivity index is 1.55. The van der Waals surface area contributed by atoms with Crippen molar-refractivity contribution in [1.29, 1.82) is 0 Å². The summed E-state index contributed by atoms with van der Waals surface area (Å²) in [6, 6.07) is 4.50. The summed E-state index contributed by atoms with van der Waals surface area (Å²) in [5.74, 6) is 4.31. The van der Waals surface area contributed by atoms with E-state index in [0.29, 0.717) is 30.1 Å². The van der Waals surface area contributed by atoms with E-state index in [0.717, 1.165) is 65.1 Å². The Morgan fingerprint density at radius 3 is 2.66 bits per heavy atom. The van der Waals surface area contributed by atoms with Crippen LogP contribution in [0.5, 0.6) is 5.88 Å². The van der Waals surface area contributed by atoms with Gasteiger partial charge in [0, 0.05) is 23.7 Å². The minimum absolute atomic E-state index is 0.418. The molecule has 2 aliphatic carbocycles. The van der Waals surface area contributed by atoms with E-state index in [1.165, 1.54) is 19.3 Å². The molecule has 3 heterocycles. The van der Waals surface area contributed by atoms with Gasteiger partial charge in [-0.15, -0.1) is 0 Å². The second kappa shape index (κ2) is 8.60. The fraction of sp³-hybridized carbons (Fsp3) is 0.560. The average Bonchev–Trinajstić information content (AvgIpc) is 3.35. The van der Waals surface area contributed by atoms with E-state index >= 15 is 0 Å². The van der Waals surface area contributed by atoms with Crippen molar-refractivity contribution in [1.82, 2.24) is 15.0 Å². The van der Waals surface area contributed by atoms with Crippen LogP contribution in [0.1, 0.15) is 57.3 Å². The summed E-state index contributed by atoms with van der Waals surface area (Å²) in [5, 5.41) is 8.14. The van der Waals surface area contributed by atoms with Crippen molar-refractivity contribution in [3.8, 4) is 17.2 Å². The van der Waals surface area contributed by atoms with Crippen molar-refractivity contribution in [2.45, 2.75) is 65.8 Å². The number of rotatable bonds is 8. The fourth-order valence-corrected chi connectivity index (χ4v) is 4.65. The SMILES string of the molecule is CCOc1nc(C)cc2cc(-c3c(C)nc(NCC4CC4)nc3NC3CCC(C)C3)oc12. The number of aromatic nitrogens is 3. The largest absolute Gasteiger partial charge is 0.475 e. The van der Waals surface area contributed by atoms with Crippen molar-refractivity contribution >= 4 is 22.7 Å². The Hall–Kier alpha value is -2.83. The van der Waals surface area contributed by atoms with Gasteiger partial charge in [0.25, 0.3) is 5.88 Å². The Labute approximate surface area is 189 Å². The lowest BCUT2D eigenvalue weighted by Crippen LogP contribution is -2.19. The van der Waals surface area contributed by atoms with Crippen molar-refractivity contribution in [3.63, 3.8) is 0 Å². The zero-order valence-corrected chi connectivity index (χ0v) is 19.5. The van der Waals surface area contributed by atoms with Crippen LogP contribution in [-0.2, 0) is 0 Å². The molecule has 0 aromatic carbocycles. The molecule has 0 saturated heterocycles. The Kier molecular flexibility index (Phi) is 5.66. The maximum atomic E-state index is 6.32. The van der Waals surface area contributed by atoms with Gasteiger partial charge in [-0.25, -0.2) is 9.97 Å². The Bertz CT molecular complexity index is 1120. The highest BCUT2D eigenvalue weighted by Gasteiger charge is 2.26. The molecule has 2 unspecified atom stereocenters. The summed E-state index contributed by atoms with van der Waals surface area (Å²) >= 11 is 0. The number of anilines is 2. The molecule has 32 heavy (non-hydrogen) atoms. The van der Waals surface area contributed by atoms with Gasteiger partial charge < -0.3 is 19.8 Å². The molecule has 2 fully saturated rings. The molecule has 170 valence electrons. The molecular formula is C25H33N5O2. The molecule has 2 saturated carbocycles. The second-order valence-corrected chi connectivity index (χ2v) is 9.47. The van der Waals surface area contributed by atoms with Crippen LogP contribution in [0.2, 0.25) is 0 Å². The Morgan fingerprint density at radius 1 is 1.09 bits per heavy atom. The van der Waals surface area contributed by atoms with E-state index in [-0.39, 0.29) is 0 Å². The minimum atomic E-state index is 0.418. The number of hydrogen-bond acceptors (Lipinski definition) is 7. The zero-order valence-electron chi connectivity index (χ0n) is 19.5. The van der Waals surface area contributed by atoms with Gasteiger partial charge in [0.2, 0.25) is 5.95 Å². The van der Waals surface area contributed by atoms with E-state index in [4.69, 9.17) is 19.1 Å². The highest BCUT2D eigenvalue weighted by Crippen LogP contribution is 2.39. The molecule has 7 heteroatoms. The average molecular weight is 436 g/mol. The van der Waals surface area contributed by atoms with Crippen LogP contribution in [0.3, 0.4) is 0 Å². The number of ether oxygens (including phenoxy) is 1. The molecule has 0 amide bonds. The fourth-order valence-electron chi connectivity index (χ4n) is 4.65. The lowest BCUT2D eigenvalue weighted by molar-refractivity contribution is 0.325. The molecule has 0 radical (unpaired) electrons. The molecule has 0 aliphatic heterocycles. The van der Waals surface area contributed by atoms with Gasteiger partial charge in [-0.05, 0) is 76.8 Å². The standard InChI is InChI=1S/C25H33N5O2/c1-5-31-24-22-18(11-15(3)27-24)12-20(32-22)21-16(4)28-25(26-13-17-7-8-17)30-23(21)29-19-9-6-14(2)10-19/h11-12,14,17,19H,5-10,13H2,1-4H3,(H2,26,28,29,30). The van der Waals surface area contributed by atoms with Gasteiger partial charge in [0.05, 0.1) is 17.9 Å². The molecule has 3 aromatic heterocycles. The van der Waals surface area contributed by atoms with Gasteiger partial charge in [-0.2, -0.15) is 4.98 Å². The molecule has 7 nitrogen and oxygen atoms in total. The molecule has 2 atom stereocenters. The maximum absolute atomic E-state index is 6.32. The van der Waals surface area contributed by atoms with Gasteiger partial charge in [-0.1, -0.05) is 6.92 Å². The number of pyridine rings is 1. The minimum Gasteiger partial charge on any atom is -0.475 e. The van der Waals surface area contributed by atoms with E-state index in [1.54, 1.807) is 0 Å². The summed E-state index contributed by atoms with van der Waals surface area (Å²) in [5.41, 5.74) is 3.38. The highest BCUT2D eigenvalue weighted by atomic mass is 16.5. The van der Waals surface area contributed by atoms with Gasteiger partial charge in [0.1, 0.15) is 11.6 Å². The maximum Gasteiger partial charge on any atom is 0.258 e. The summed E-state index contributed by atoms with van der Waals surface area (Å²) in [6.45, 7) is 9.75. The van der Waals surface area contributed by atoms with Crippen LogP contribution in [0, 0.1) is 25.7 Å². The van der Waals surface area contributed by atoms with Crippen LogP contribution < -0.4 is 15.4 Å². The first-order chi connectivity index (χ1) is 15.5. The smallest absolute Gasteiger partial charge is 0.258 e. The number of hydrogen-bond donors (Lipinski definition) is 2. The predicted molar refractivity (Wildman–Crippen MR) is 127 cm³/mol. The van der Waals surface area contributed by atoms with E-state index < -0.39 is 0 Å². The van der Waals surface area contributed by atoms with E-state index in [9.17, 15) is 0 Å². The van der Waals surface area contributed by atoms with Gasteiger partial charge >= 0.3 is 0 Å². The normalized spacial score (nSPS) is 20.6. The van der Waals surface area contributed by atoms with Crippen molar-refractivity contribution in [3.05, 3.63) is 23.5 Å². The quantitative estimate of drug-likeness (QED) is 0.468. The topological polar surface area (TPSA) is 85.1 Å². The summed E-state index contributed by atoms with van der Waals surface area (Å²) in [6.07, 6.45) is 6.15. The molecule has 0 spiro atoms. The molecular weight excluding hydrogens is 402 g/mol.